The Morgan fingerprint density at radius 1 is 1.25 bits per heavy atom. The second-order valence-electron chi connectivity index (χ2n) is 7.41. The van der Waals surface area contributed by atoms with E-state index in [-0.39, 0.29) is 17.3 Å². The first-order valence-electron chi connectivity index (χ1n) is 9.45. The Kier molecular flexibility index (Phi) is 4.57. The summed E-state index contributed by atoms with van der Waals surface area (Å²) < 4.78 is 2.67. The van der Waals surface area contributed by atoms with E-state index in [4.69, 9.17) is 11.6 Å². The number of fused-ring (bicyclic) bond motifs is 3. The van der Waals surface area contributed by atoms with E-state index in [9.17, 15) is 9.59 Å². The monoisotopic (exact) mass is 417 g/mol. The maximum absolute atomic E-state index is 12.8. The number of pyridine rings is 1. The first-order valence-corrected chi connectivity index (χ1v) is 10.7. The number of allylic oxidation sites excluding steroid dienone is 1. The van der Waals surface area contributed by atoms with Gasteiger partial charge in [-0.15, -0.1) is 11.8 Å². The second-order valence-corrected chi connectivity index (χ2v) is 9.38. The number of aromatic nitrogens is 4. The molecule has 0 aromatic carbocycles. The molecular weight excluding hydrogens is 398 g/mol. The first kappa shape index (κ1) is 18.0. The van der Waals surface area contributed by atoms with Crippen LogP contribution in [0.5, 0.6) is 0 Å². The highest BCUT2D eigenvalue weighted by molar-refractivity contribution is 8.05. The average molecular weight is 418 g/mol. The van der Waals surface area contributed by atoms with Gasteiger partial charge in [0.25, 0.3) is 5.56 Å². The molecule has 7 nitrogen and oxygen atoms in total. The lowest BCUT2D eigenvalue weighted by atomic mass is 10.0. The van der Waals surface area contributed by atoms with Crippen LogP contribution >= 0.6 is 23.4 Å². The summed E-state index contributed by atoms with van der Waals surface area (Å²) in [5.74, 6) is 0. The SMILES string of the molecule is O=c1[nH]c(=O)n(C2CCN(CC3CC=C(Cl)S3)CC2)c2c1cnc1[nH]ccc12. The van der Waals surface area contributed by atoms with E-state index in [0.29, 0.717) is 21.8 Å². The van der Waals surface area contributed by atoms with Gasteiger partial charge < -0.3 is 9.88 Å². The summed E-state index contributed by atoms with van der Waals surface area (Å²) in [5.41, 5.74) is 0.644. The Labute approximate surface area is 169 Å². The lowest BCUT2D eigenvalue weighted by Gasteiger charge is -2.34. The fourth-order valence-electron chi connectivity index (χ4n) is 4.33. The number of hydrogen-bond acceptors (Lipinski definition) is 5. The number of hydrogen-bond donors (Lipinski definition) is 2. The maximum atomic E-state index is 12.8. The minimum Gasteiger partial charge on any atom is -0.346 e. The van der Waals surface area contributed by atoms with Crippen LogP contribution in [-0.4, -0.2) is 49.3 Å². The molecule has 9 heteroatoms. The normalized spacial score (nSPS) is 21.6. The highest BCUT2D eigenvalue weighted by Gasteiger charge is 2.27. The molecule has 0 saturated carbocycles. The van der Waals surface area contributed by atoms with Crippen LogP contribution in [0.1, 0.15) is 25.3 Å². The lowest BCUT2D eigenvalue weighted by molar-refractivity contribution is 0.187. The number of halogens is 1. The molecule has 3 aromatic rings. The van der Waals surface area contributed by atoms with E-state index in [2.05, 4.69) is 25.9 Å². The Morgan fingerprint density at radius 3 is 2.82 bits per heavy atom. The van der Waals surface area contributed by atoms with Crippen LogP contribution in [-0.2, 0) is 0 Å². The number of piperidine rings is 1. The molecule has 1 unspecified atom stereocenters. The topological polar surface area (TPSA) is 86.8 Å². The van der Waals surface area contributed by atoms with E-state index in [0.717, 1.165) is 48.6 Å². The van der Waals surface area contributed by atoms with E-state index < -0.39 is 0 Å². The van der Waals surface area contributed by atoms with Crippen LogP contribution in [0.15, 0.2) is 38.5 Å². The Hall–Kier alpha value is -2.03. The summed E-state index contributed by atoms with van der Waals surface area (Å²) >= 11 is 7.83. The number of rotatable bonds is 3. The van der Waals surface area contributed by atoms with Crippen LogP contribution < -0.4 is 11.2 Å². The number of nitrogens with zero attached hydrogens (tertiary/aromatic N) is 3. The van der Waals surface area contributed by atoms with Gasteiger partial charge in [-0.2, -0.15) is 0 Å². The summed E-state index contributed by atoms with van der Waals surface area (Å²) in [5, 5.41) is 1.79. The molecule has 2 aliphatic rings. The molecule has 0 bridgehead atoms. The predicted molar refractivity (Wildman–Crippen MR) is 113 cm³/mol. The number of thioether (sulfide) groups is 1. The molecule has 1 fully saturated rings. The summed E-state index contributed by atoms with van der Waals surface area (Å²) in [7, 11) is 0. The van der Waals surface area contributed by atoms with Crippen molar-refractivity contribution in [3.05, 3.63) is 49.7 Å². The number of aromatic amines is 2. The largest absolute Gasteiger partial charge is 0.346 e. The van der Waals surface area contributed by atoms with Crippen LogP contribution in [0.3, 0.4) is 0 Å². The van der Waals surface area contributed by atoms with Gasteiger partial charge in [-0.05, 0) is 25.3 Å². The van der Waals surface area contributed by atoms with Crippen LogP contribution in [0, 0.1) is 0 Å². The highest BCUT2D eigenvalue weighted by Crippen LogP contribution is 2.36. The molecule has 2 aliphatic heterocycles. The van der Waals surface area contributed by atoms with E-state index in [1.807, 2.05) is 6.07 Å². The van der Waals surface area contributed by atoms with Crippen molar-refractivity contribution in [1.82, 2.24) is 24.4 Å². The minimum absolute atomic E-state index is 0.0570. The van der Waals surface area contributed by atoms with Gasteiger partial charge in [0.05, 0.1) is 15.3 Å². The first-order chi connectivity index (χ1) is 13.6. The molecule has 5 rings (SSSR count). The van der Waals surface area contributed by atoms with E-state index >= 15 is 0 Å². The summed E-state index contributed by atoms with van der Waals surface area (Å²) in [6.45, 7) is 2.86. The van der Waals surface area contributed by atoms with Crippen LogP contribution in [0.4, 0.5) is 0 Å². The van der Waals surface area contributed by atoms with Crippen molar-refractivity contribution in [2.75, 3.05) is 19.6 Å². The second kappa shape index (κ2) is 7.09. The molecular formula is C19H20ClN5O2S. The van der Waals surface area contributed by atoms with Crippen molar-refractivity contribution < 1.29 is 0 Å². The van der Waals surface area contributed by atoms with Gasteiger partial charge in [-0.1, -0.05) is 17.7 Å². The molecule has 3 aromatic heterocycles. The zero-order valence-corrected chi connectivity index (χ0v) is 16.7. The standard InChI is InChI=1S/C19H20ClN5O2S/c20-15-2-1-12(28-15)10-24-7-4-11(5-8-24)25-16-13-3-6-21-17(13)22-9-14(16)18(26)23-19(25)27/h2-3,6,9,11-12H,1,4-5,7-8,10H2,(H,21,22)(H,23,26,27). The van der Waals surface area contributed by atoms with Gasteiger partial charge >= 0.3 is 5.69 Å². The van der Waals surface area contributed by atoms with Crippen molar-refractivity contribution in [3.8, 4) is 0 Å². The fraction of sp³-hybridized carbons (Fsp3) is 0.421. The average Bonchev–Trinajstić information content (AvgIpc) is 3.31. The quantitative estimate of drug-likeness (QED) is 0.684. The molecule has 1 saturated heterocycles. The van der Waals surface area contributed by atoms with Gasteiger partial charge in [0.15, 0.2) is 0 Å². The third-order valence-electron chi connectivity index (χ3n) is 5.69. The molecule has 0 spiro atoms. The third kappa shape index (κ3) is 3.09. The molecule has 0 aliphatic carbocycles. The Balaban J connectivity index is 1.45. The van der Waals surface area contributed by atoms with Crippen LogP contribution in [0.2, 0.25) is 0 Å². The zero-order valence-electron chi connectivity index (χ0n) is 15.2. The number of H-pyrrole nitrogens is 2. The number of nitrogens with one attached hydrogen (secondary N) is 2. The summed E-state index contributed by atoms with van der Waals surface area (Å²) in [6, 6.07) is 1.94. The van der Waals surface area contributed by atoms with E-state index in [1.165, 1.54) is 0 Å². The Bertz CT molecular complexity index is 1190. The van der Waals surface area contributed by atoms with Crippen molar-refractivity contribution in [3.63, 3.8) is 0 Å². The third-order valence-corrected chi connectivity index (χ3v) is 7.18. The highest BCUT2D eigenvalue weighted by atomic mass is 35.5. The maximum Gasteiger partial charge on any atom is 0.329 e. The van der Waals surface area contributed by atoms with Gasteiger partial charge in [0.2, 0.25) is 0 Å². The molecule has 28 heavy (non-hydrogen) atoms. The molecule has 2 N–H and O–H groups in total. The predicted octanol–water partition coefficient (Wildman–Crippen LogP) is 2.79. The summed E-state index contributed by atoms with van der Waals surface area (Å²) in [4.78, 5) is 37.4. The van der Waals surface area contributed by atoms with Gasteiger partial charge in [0.1, 0.15) is 5.65 Å². The fourth-order valence-corrected chi connectivity index (χ4v) is 5.79. The zero-order chi connectivity index (χ0) is 19.3. The van der Waals surface area contributed by atoms with Crippen molar-refractivity contribution in [2.24, 2.45) is 0 Å². The summed E-state index contributed by atoms with van der Waals surface area (Å²) in [6.07, 6.45) is 8.18. The van der Waals surface area contributed by atoms with Gasteiger partial charge in [-0.25, -0.2) is 9.78 Å². The minimum atomic E-state index is -0.382. The molecule has 0 radical (unpaired) electrons. The van der Waals surface area contributed by atoms with Crippen molar-refractivity contribution in [1.29, 1.82) is 0 Å². The van der Waals surface area contributed by atoms with Crippen molar-refractivity contribution >= 4 is 45.3 Å². The molecule has 1 atom stereocenters. The Morgan fingerprint density at radius 2 is 2.07 bits per heavy atom. The van der Waals surface area contributed by atoms with Gasteiger partial charge in [0, 0.05) is 48.7 Å². The molecule has 0 amide bonds. The van der Waals surface area contributed by atoms with Gasteiger partial charge in [-0.3, -0.25) is 14.3 Å². The molecule has 5 heterocycles. The van der Waals surface area contributed by atoms with Crippen molar-refractivity contribution in [2.45, 2.75) is 30.6 Å². The lowest BCUT2D eigenvalue weighted by Crippen LogP contribution is -2.41. The number of likely N-dealkylation sites (tertiary alicyclic amines) is 1. The van der Waals surface area contributed by atoms with E-state index in [1.54, 1.807) is 28.7 Å². The van der Waals surface area contributed by atoms with Crippen LogP contribution in [0.25, 0.3) is 21.9 Å². The molecule has 146 valence electrons. The smallest absolute Gasteiger partial charge is 0.329 e.